The second kappa shape index (κ2) is 10.2. The van der Waals surface area contributed by atoms with Crippen LogP contribution in [0.5, 0.6) is 0 Å². The third-order valence-electron chi connectivity index (χ3n) is 6.04. The molecule has 1 saturated heterocycles. The molecule has 0 saturated carbocycles. The highest BCUT2D eigenvalue weighted by Gasteiger charge is 2.35. The van der Waals surface area contributed by atoms with Gasteiger partial charge < -0.3 is 10.0 Å². The third kappa shape index (κ3) is 5.72. The van der Waals surface area contributed by atoms with E-state index in [1.807, 2.05) is 36.9 Å². The van der Waals surface area contributed by atoms with E-state index in [0.29, 0.717) is 25.3 Å². The maximum absolute atomic E-state index is 13.4. The molecule has 2 aromatic rings. The van der Waals surface area contributed by atoms with Gasteiger partial charge in [0, 0.05) is 37.0 Å². The van der Waals surface area contributed by atoms with Crippen LogP contribution < -0.4 is 4.90 Å². The molecule has 10 heteroatoms. The molecule has 1 fully saturated rings. The summed E-state index contributed by atoms with van der Waals surface area (Å²) < 4.78 is 40.1. The van der Waals surface area contributed by atoms with E-state index in [9.17, 15) is 28.0 Å². The normalized spacial score (nSPS) is 15.7. The molecule has 1 unspecified atom stereocenters. The van der Waals surface area contributed by atoms with Crippen LogP contribution in [0.3, 0.4) is 0 Å². The van der Waals surface area contributed by atoms with Crippen molar-refractivity contribution in [2.75, 3.05) is 31.1 Å². The molecule has 33 heavy (non-hydrogen) atoms. The number of aliphatic hydroxyl groups is 1. The predicted molar refractivity (Wildman–Crippen MR) is 120 cm³/mol. The number of carbonyl (C=O) groups is 1. The summed E-state index contributed by atoms with van der Waals surface area (Å²) in [4.78, 5) is 25.5. The molecule has 1 N–H and O–H groups in total. The summed E-state index contributed by atoms with van der Waals surface area (Å²) in [5.74, 6) is -0.996. The van der Waals surface area contributed by atoms with Gasteiger partial charge in [-0.2, -0.15) is 13.2 Å². The van der Waals surface area contributed by atoms with E-state index in [1.165, 1.54) is 12.1 Å². The number of halogens is 4. The monoisotopic (exact) mass is 483 g/mol. The molecule has 6 nitrogen and oxygen atoms in total. The summed E-state index contributed by atoms with van der Waals surface area (Å²) in [6, 6.07) is 9.23. The Morgan fingerprint density at radius 3 is 2.58 bits per heavy atom. The number of hydrogen-bond acceptors (Lipinski definition) is 5. The number of likely N-dealkylation sites (tertiary alicyclic amines) is 1. The number of carbonyl (C=O) groups excluding carboxylic acids is 1. The first-order chi connectivity index (χ1) is 15.5. The number of aryl methyl sites for hydroxylation is 1. The Labute approximate surface area is 194 Å². The van der Waals surface area contributed by atoms with Gasteiger partial charge in [0.05, 0.1) is 29.2 Å². The molecule has 1 aliphatic heterocycles. The second-order valence-electron chi connectivity index (χ2n) is 8.26. The Morgan fingerprint density at radius 1 is 1.27 bits per heavy atom. The number of amides is 1. The molecular weight excluding hydrogens is 459 g/mol. The summed E-state index contributed by atoms with van der Waals surface area (Å²) in [6.45, 7) is 5.23. The number of anilines is 1. The number of rotatable bonds is 8. The van der Waals surface area contributed by atoms with Crippen molar-refractivity contribution in [1.82, 2.24) is 4.90 Å². The molecule has 0 aliphatic carbocycles. The van der Waals surface area contributed by atoms with Gasteiger partial charge in [0.2, 0.25) is 0 Å². The highest BCUT2D eigenvalue weighted by atomic mass is 35.5. The Bertz CT molecular complexity index is 1030. The topological polar surface area (TPSA) is 73.2 Å². The fourth-order valence-electron chi connectivity index (χ4n) is 4.04. The van der Waals surface area contributed by atoms with Crippen LogP contribution in [0.15, 0.2) is 41.6 Å². The lowest BCUT2D eigenvalue weighted by Gasteiger charge is -2.37. The first-order valence-corrected chi connectivity index (χ1v) is 10.9. The molecular formula is C23H25ClF3N3O3. The zero-order valence-electron chi connectivity index (χ0n) is 18.3. The largest absolute Gasteiger partial charge is 0.417 e. The van der Waals surface area contributed by atoms with Crippen LogP contribution in [-0.4, -0.2) is 42.2 Å². The van der Waals surface area contributed by atoms with E-state index in [-0.39, 0.29) is 30.1 Å². The lowest BCUT2D eigenvalue weighted by molar-refractivity contribution is -0.137. The Hall–Kier alpha value is -2.49. The molecule has 1 heterocycles. The lowest BCUT2D eigenvalue weighted by Crippen LogP contribution is -2.49. The van der Waals surface area contributed by atoms with Crippen molar-refractivity contribution in [2.45, 2.75) is 32.6 Å². The summed E-state index contributed by atoms with van der Waals surface area (Å²) in [7, 11) is 0. The zero-order chi connectivity index (χ0) is 24.3. The first kappa shape index (κ1) is 25.1. The van der Waals surface area contributed by atoms with Crippen molar-refractivity contribution in [3.05, 3.63) is 68.6 Å². The van der Waals surface area contributed by atoms with Crippen LogP contribution in [0, 0.1) is 17.7 Å². The van der Waals surface area contributed by atoms with Crippen molar-refractivity contribution in [3.8, 4) is 0 Å². The molecule has 0 aromatic heterocycles. The quantitative estimate of drug-likeness (QED) is 0.538. The van der Waals surface area contributed by atoms with Crippen LogP contribution in [0.2, 0.25) is 5.02 Å². The van der Waals surface area contributed by atoms with Crippen molar-refractivity contribution in [2.24, 2.45) is 11.1 Å². The average molecular weight is 484 g/mol. The zero-order valence-corrected chi connectivity index (χ0v) is 19.0. The van der Waals surface area contributed by atoms with E-state index in [2.05, 4.69) is 5.18 Å². The van der Waals surface area contributed by atoms with Gasteiger partial charge >= 0.3 is 6.18 Å². The molecule has 1 atom stereocenters. The maximum Gasteiger partial charge on any atom is 0.417 e. The highest BCUT2D eigenvalue weighted by Crippen LogP contribution is 2.38. The molecule has 0 bridgehead atoms. The van der Waals surface area contributed by atoms with Gasteiger partial charge in [-0.1, -0.05) is 29.8 Å². The van der Waals surface area contributed by atoms with Gasteiger partial charge in [-0.15, -0.1) is 4.91 Å². The van der Waals surface area contributed by atoms with Gasteiger partial charge in [-0.3, -0.25) is 9.69 Å². The number of nitrogens with zero attached hydrogens (tertiary/aromatic N) is 3. The van der Waals surface area contributed by atoms with E-state index in [0.717, 1.165) is 22.8 Å². The number of benzene rings is 2. The van der Waals surface area contributed by atoms with Crippen molar-refractivity contribution >= 4 is 23.2 Å². The Balaban J connectivity index is 1.83. The van der Waals surface area contributed by atoms with E-state index in [4.69, 9.17) is 11.6 Å². The van der Waals surface area contributed by atoms with Gasteiger partial charge in [-0.25, -0.2) is 0 Å². The van der Waals surface area contributed by atoms with Crippen molar-refractivity contribution in [1.29, 1.82) is 0 Å². The smallest absolute Gasteiger partial charge is 0.395 e. The lowest BCUT2D eigenvalue weighted by atomic mass is 9.95. The second-order valence-corrected chi connectivity index (χ2v) is 8.67. The minimum absolute atomic E-state index is 0.137. The highest BCUT2D eigenvalue weighted by molar-refractivity contribution is 6.31. The van der Waals surface area contributed by atoms with Gasteiger partial charge in [0.25, 0.3) is 5.91 Å². The molecule has 0 spiro atoms. The molecule has 2 aromatic carbocycles. The average Bonchev–Trinajstić information content (AvgIpc) is 2.74. The Morgan fingerprint density at radius 2 is 1.97 bits per heavy atom. The Kier molecular flexibility index (Phi) is 7.76. The number of alkyl halides is 3. The van der Waals surface area contributed by atoms with E-state index < -0.39 is 17.6 Å². The fraction of sp³-hybridized carbons (Fsp3) is 0.435. The molecule has 1 aliphatic rings. The molecule has 0 radical (unpaired) electrons. The van der Waals surface area contributed by atoms with E-state index >= 15 is 0 Å². The van der Waals surface area contributed by atoms with Gasteiger partial charge in [-0.05, 0) is 48.7 Å². The molecule has 178 valence electrons. The maximum atomic E-state index is 13.4. The van der Waals surface area contributed by atoms with E-state index in [1.54, 1.807) is 4.90 Å². The van der Waals surface area contributed by atoms with Crippen LogP contribution in [-0.2, 0) is 17.5 Å². The summed E-state index contributed by atoms with van der Waals surface area (Å²) in [6.07, 6.45) is -4.59. The summed E-state index contributed by atoms with van der Waals surface area (Å²) in [5, 5.41) is 11.7. The summed E-state index contributed by atoms with van der Waals surface area (Å²) in [5.41, 5.74) is 2.30. The molecule has 1 amide bonds. The third-order valence-corrected chi connectivity index (χ3v) is 6.37. The van der Waals surface area contributed by atoms with Crippen LogP contribution in [0.25, 0.3) is 0 Å². The van der Waals surface area contributed by atoms with Gasteiger partial charge in [0.15, 0.2) is 0 Å². The first-order valence-electron chi connectivity index (χ1n) is 10.5. The number of nitroso groups, excluding NO2 is 1. The van der Waals surface area contributed by atoms with Crippen LogP contribution >= 0.6 is 11.6 Å². The van der Waals surface area contributed by atoms with Crippen molar-refractivity contribution < 1.29 is 23.1 Å². The molecule has 3 rings (SSSR count). The fourth-order valence-corrected chi connectivity index (χ4v) is 4.26. The summed E-state index contributed by atoms with van der Waals surface area (Å²) >= 11 is 5.77. The van der Waals surface area contributed by atoms with Crippen LogP contribution in [0.4, 0.5) is 18.9 Å². The minimum atomic E-state index is -4.59. The standard InChI is InChI=1S/C23H25ClF3N3O3/c1-14-3-4-16(9-17(14)11-29-12-18(13-29)22(32)28-33)15(2)30(7-8-31)19-5-6-21(24)20(10-19)23(25,26)27/h3-6,9-10,15,18,31H,7-8,11-13H2,1-2H3. The van der Waals surface area contributed by atoms with Gasteiger partial charge in [0.1, 0.15) is 0 Å². The number of aliphatic hydroxyl groups excluding tert-OH is 1. The number of hydrogen-bond donors (Lipinski definition) is 1. The SMILES string of the molecule is Cc1ccc(C(C)N(CCO)c2ccc(Cl)c(C(F)(F)F)c2)cc1CN1CC(C(=O)N=O)C1. The minimum Gasteiger partial charge on any atom is -0.395 e. The predicted octanol–water partition coefficient (Wildman–Crippen LogP) is 4.95. The van der Waals surface area contributed by atoms with Crippen molar-refractivity contribution in [3.63, 3.8) is 0 Å². The van der Waals surface area contributed by atoms with Crippen LogP contribution in [0.1, 0.15) is 35.2 Å².